The normalized spacial score (nSPS) is 26.7. The fourth-order valence-corrected chi connectivity index (χ4v) is 4.84. The predicted molar refractivity (Wildman–Crippen MR) is 82.1 cm³/mol. The van der Waals surface area contributed by atoms with Gasteiger partial charge in [-0.1, -0.05) is 31.4 Å². The lowest BCUT2D eigenvalue weighted by Gasteiger charge is -2.33. The Labute approximate surface area is 123 Å². The number of hydrogen-bond donors (Lipinski definition) is 1. The van der Waals surface area contributed by atoms with E-state index in [1.54, 1.807) is 0 Å². The van der Waals surface area contributed by atoms with E-state index in [0.29, 0.717) is 11.4 Å². The van der Waals surface area contributed by atoms with Gasteiger partial charge in [0.05, 0.1) is 33.2 Å². The lowest BCUT2D eigenvalue weighted by atomic mass is 9.83. The molecule has 2 fully saturated rings. The number of nitrogen functional groups attached to an aromatic ring is 1. The molecule has 2 aliphatic rings. The molecule has 1 aliphatic heterocycles. The molecule has 0 bridgehead atoms. The van der Waals surface area contributed by atoms with Crippen molar-refractivity contribution in [3.63, 3.8) is 0 Å². The molecule has 1 heterocycles. The van der Waals surface area contributed by atoms with Crippen LogP contribution in [-0.2, 0) is 15.5 Å². The summed E-state index contributed by atoms with van der Waals surface area (Å²) in [5.41, 5.74) is 6.63. The van der Waals surface area contributed by atoms with Crippen molar-refractivity contribution < 1.29 is 8.95 Å². The summed E-state index contributed by atoms with van der Waals surface area (Å²) in [6, 6.07) is 7.43. The molecule has 3 rings (SSSR count). The molecule has 1 spiro atoms. The third-order valence-electron chi connectivity index (χ3n) is 4.60. The zero-order chi connectivity index (χ0) is 14.0. The first-order chi connectivity index (χ1) is 9.69. The summed E-state index contributed by atoms with van der Waals surface area (Å²) in [7, 11) is -1.06. The molecule has 2 atom stereocenters. The molecule has 2 unspecified atom stereocenters. The van der Waals surface area contributed by atoms with E-state index in [4.69, 9.17) is 10.5 Å². The fourth-order valence-electron chi connectivity index (χ4n) is 3.52. The quantitative estimate of drug-likeness (QED) is 0.870. The molecule has 1 saturated heterocycles. The maximum absolute atomic E-state index is 12.4. The Bertz CT molecular complexity index is 497. The van der Waals surface area contributed by atoms with Crippen molar-refractivity contribution in [2.75, 3.05) is 11.5 Å². The molecule has 110 valence electrons. The highest BCUT2D eigenvalue weighted by Gasteiger charge is 2.41. The zero-order valence-corrected chi connectivity index (χ0v) is 12.7. The first-order valence-corrected chi connectivity index (χ1v) is 8.91. The molecule has 3 nitrogen and oxygen atoms in total. The van der Waals surface area contributed by atoms with E-state index in [1.807, 2.05) is 24.3 Å². The Kier molecular flexibility index (Phi) is 4.13. The molecule has 0 amide bonds. The molecule has 1 saturated carbocycles. The van der Waals surface area contributed by atoms with Gasteiger partial charge in [-0.05, 0) is 37.8 Å². The zero-order valence-electron chi connectivity index (χ0n) is 11.8. The second-order valence-electron chi connectivity index (χ2n) is 6.07. The van der Waals surface area contributed by atoms with Gasteiger partial charge in [-0.25, -0.2) is 0 Å². The van der Waals surface area contributed by atoms with Crippen molar-refractivity contribution in [1.82, 2.24) is 0 Å². The van der Waals surface area contributed by atoms with Crippen LogP contribution in [0.4, 0.5) is 5.69 Å². The molecule has 1 aliphatic carbocycles. The maximum atomic E-state index is 12.4. The Morgan fingerprint density at radius 3 is 2.70 bits per heavy atom. The van der Waals surface area contributed by atoms with Crippen molar-refractivity contribution in [2.45, 2.75) is 61.5 Å². The van der Waals surface area contributed by atoms with Crippen LogP contribution in [0.3, 0.4) is 0 Å². The summed E-state index contributed by atoms with van der Waals surface area (Å²) in [6.45, 7) is 0. The third-order valence-corrected chi connectivity index (χ3v) is 6.14. The first-order valence-electron chi connectivity index (χ1n) is 7.59. The highest BCUT2D eigenvalue weighted by Crippen LogP contribution is 2.42. The molecule has 0 aromatic heterocycles. The number of benzene rings is 1. The van der Waals surface area contributed by atoms with E-state index in [9.17, 15) is 4.21 Å². The van der Waals surface area contributed by atoms with Gasteiger partial charge in [0, 0.05) is 5.69 Å². The number of rotatable bonds is 3. The van der Waals surface area contributed by atoms with Gasteiger partial charge in [0.1, 0.15) is 0 Å². The first kappa shape index (κ1) is 14.1. The van der Waals surface area contributed by atoms with Gasteiger partial charge in [0.2, 0.25) is 0 Å². The van der Waals surface area contributed by atoms with Gasteiger partial charge < -0.3 is 10.5 Å². The van der Waals surface area contributed by atoms with Crippen LogP contribution in [0.1, 0.15) is 44.9 Å². The third kappa shape index (κ3) is 2.91. The van der Waals surface area contributed by atoms with Gasteiger partial charge in [-0.3, -0.25) is 4.21 Å². The minimum atomic E-state index is -1.06. The monoisotopic (exact) mass is 293 g/mol. The smallest absolute Gasteiger partial charge is 0.0702 e. The maximum Gasteiger partial charge on any atom is 0.0702 e. The molecular weight excluding hydrogens is 270 g/mol. The van der Waals surface area contributed by atoms with Crippen molar-refractivity contribution in [3.05, 3.63) is 24.3 Å². The summed E-state index contributed by atoms with van der Waals surface area (Å²) in [4.78, 5) is 0.751. The van der Waals surface area contributed by atoms with E-state index in [0.717, 1.165) is 17.7 Å². The second-order valence-corrected chi connectivity index (χ2v) is 7.54. The van der Waals surface area contributed by atoms with Crippen LogP contribution < -0.4 is 5.73 Å². The van der Waals surface area contributed by atoms with Crippen molar-refractivity contribution >= 4 is 16.5 Å². The van der Waals surface area contributed by atoms with Crippen LogP contribution in [0, 0.1) is 0 Å². The molecule has 1 aromatic carbocycles. The summed E-state index contributed by atoms with van der Waals surface area (Å²) >= 11 is 0. The number of ether oxygens (including phenoxy) is 1. The van der Waals surface area contributed by atoms with Gasteiger partial charge >= 0.3 is 0 Å². The van der Waals surface area contributed by atoms with Crippen molar-refractivity contribution in [3.8, 4) is 0 Å². The summed E-state index contributed by atoms with van der Waals surface area (Å²) in [6.07, 6.45) is 8.57. The van der Waals surface area contributed by atoms with Crippen LogP contribution in [-0.4, -0.2) is 21.7 Å². The Morgan fingerprint density at radius 1 is 1.20 bits per heavy atom. The van der Waals surface area contributed by atoms with Gasteiger partial charge in [0.15, 0.2) is 0 Å². The standard InChI is InChI=1S/C16H23NO2S/c17-14-6-2-3-7-15(14)20(18)12-13-8-11-16(19-13)9-4-1-5-10-16/h2-3,6-7,13H,1,4-5,8-12,17H2. The largest absolute Gasteiger partial charge is 0.398 e. The second kappa shape index (κ2) is 5.86. The van der Waals surface area contributed by atoms with Crippen molar-refractivity contribution in [1.29, 1.82) is 0 Å². The van der Waals surface area contributed by atoms with E-state index < -0.39 is 10.8 Å². The van der Waals surface area contributed by atoms with E-state index in [1.165, 1.54) is 32.1 Å². The summed E-state index contributed by atoms with van der Waals surface area (Å²) in [5.74, 6) is 0.579. The average molecular weight is 293 g/mol. The minimum absolute atomic E-state index is 0.106. The van der Waals surface area contributed by atoms with Gasteiger partial charge in [-0.2, -0.15) is 0 Å². The number of hydrogen-bond acceptors (Lipinski definition) is 3. The Morgan fingerprint density at radius 2 is 1.95 bits per heavy atom. The molecule has 20 heavy (non-hydrogen) atoms. The summed E-state index contributed by atoms with van der Waals surface area (Å²) in [5, 5.41) is 0. The van der Waals surface area contributed by atoms with Crippen LogP contribution in [0.25, 0.3) is 0 Å². The summed E-state index contributed by atoms with van der Waals surface area (Å²) < 4.78 is 18.7. The SMILES string of the molecule is Nc1ccccc1S(=O)CC1CCC2(CCCCC2)O1. The molecule has 0 radical (unpaired) electrons. The molecular formula is C16H23NO2S. The Balaban J connectivity index is 1.62. The van der Waals surface area contributed by atoms with Gasteiger partial charge in [-0.15, -0.1) is 0 Å². The van der Waals surface area contributed by atoms with Crippen LogP contribution in [0.5, 0.6) is 0 Å². The fraction of sp³-hybridized carbons (Fsp3) is 0.625. The van der Waals surface area contributed by atoms with Crippen LogP contribution >= 0.6 is 0 Å². The number of nitrogens with two attached hydrogens (primary N) is 1. The van der Waals surface area contributed by atoms with E-state index in [-0.39, 0.29) is 11.7 Å². The van der Waals surface area contributed by atoms with Crippen LogP contribution in [0.2, 0.25) is 0 Å². The highest BCUT2D eigenvalue weighted by molar-refractivity contribution is 7.85. The molecule has 1 aromatic rings. The van der Waals surface area contributed by atoms with Crippen molar-refractivity contribution in [2.24, 2.45) is 0 Å². The minimum Gasteiger partial charge on any atom is -0.398 e. The molecule has 2 N–H and O–H groups in total. The van der Waals surface area contributed by atoms with E-state index in [2.05, 4.69) is 0 Å². The van der Waals surface area contributed by atoms with Gasteiger partial charge in [0.25, 0.3) is 0 Å². The van der Waals surface area contributed by atoms with E-state index >= 15 is 0 Å². The highest BCUT2D eigenvalue weighted by atomic mass is 32.2. The number of anilines is 1. The topological polar surface area (TPSA) is 52.3 Å². The lowest BCUT2D eigenvalue weighted by molar-refractivity contribution is -0.0557. The molecule has 4 heteroatoms. The van der Waals surface area contributed by atoms with Crippen LogP contribution in [0.15, 0.2) is 29.2 Å². The lowest BCUT2D eigenvalue weighted by Crippen LogP contribution is -2.32. The Hall–Kier alpha value is -0.870. The average Bonchev–Trinajstić information content (AvgIpc) is 2.82. The predicted octanol–water partition coefficient (Wildman–Crippen LogP) is 3.26. The number of para-hydroxylation sites is 1.